The first kappa shape index (κ1) is 15.5. The van der Waals surface area contributed by atoms with Crippen LogP contribution in [0.4, 0.5) is 0 Å². The summed E-state index contributed by atoms with van der Waals surface area (Å²) >= 11 is 1.70. The van der Waals surface area contributed by atoms with Crippen molar-refractivity contribution in [2.75, 3.05) is 11.5 Å². The minimum Gasteiger partial charge on any atom is -0.480 e. The molecule has 0 saturated carbocycles. The molecule has 0 radical (unpaired) electrons. The number of benzene rings is 1. The van der Waals surface area contributed by atoms with Crippen molar-refractivity contribution >= 4 is 23.6 Å². The van der Waals surface area contributed by atoms with E-state index in [2.05, 4.69) is 20.8 Å². The van der Waals surface area contributed by atoms with Gasteiger partial charge in [0.15, 0.2) is 0 Å². The topological polar surface area (TPSA) is 110 Å². The number of carboxylic acid groups (broad SMARTS) is 1. The van der Waals surface area contributed by atoms with Crippen LogP contribution >= 0.6 is 11.8 Å². The van der Waals surface area contributed by atoms with E-state index in [0.717, 1.165) is 11.5 Å². The molecule has 23 heavy (non-hydrogen) atoms. The first-order chi connectivity index (χ1) is 11.1. The Balaban J connectivity index is 1.83. The molecule has 0 atom stereocenters. The summed E-state index contributed by atoms with van der Waals surface area (Å²) in [6, 6.07) is 6.72. The van der Waals surface area contributed by atoms with Gasteiger partial charge in [-0.15, -0.1) is 5.10 Å². The standard InChI is InChI=1S/C14H15N5O3S/c20-12(16-14(13(21)22)4-6-23-7-5-14)10-2-1-3-11(8-10)19-9-15-17-18-19/h1-3,8-9H,4-7H2,(H,16,20)(H,21,22). The van der Waals surface area contributed by atoms with Gasteiger partial charge in [-0.05, 0) is 53.0 Å². The van der Waals surface area contributed by atoms with E-state index >= 15 is 0 Å². The number of nitrogens with zero attached hydrogens (tertiary/aromatic N) is 4. The average molecular weight is 333 g/mol. The number of carbonyl (C=O) groups is 2. The van der Waals surface area contributed by atoms with Crippen LogP contribution < -0.4 is 5.32 Å². The van der Waals surface area contributed by atoms with Crippen molar-refractivity contribution in [3.63, 3.8) is 0 Å². The van der Waals surface area contributed by atoms with Gasteiger partial charge in [-0.2, -0.15) is 11.8 Å². The lowest BCUT2D eigenvalue weighted by Crippen LogP contribution is -2.56. The lowest BCUT2D eigenvalue weighted by atomic mass is 9.92. The second-order valence-electron chi connectivity index (χ2n) is 5.26. The van der Waals surface area contributed by atoms with Gasteiger partial charge >= 0.3 is 5.97 Å². The molecule has 0 aliphatic carbocycles. The summed E-state index contributed by atoms with van der Waals surface area (Å²) in [5, 5.41) is 23.1. The maximum atomic E-state index is 12.5. The Bertz CT molecular complexity index is 713. The van der Waals surface area contributed by atoms with Crippen molar-refractivity contribution in [3.05, 3.63) is 36.2 Å². The van der Waals surface area contributed by atoms with Crippen LogP contribution in [0.3, 0.4) is 0 Å². The number of nitrogens with one attached hydrogen (secondary N) is 1. The smallest absolute Gasteiger partial charge is 0.329 e. The molecular formula is C14H15N5O3S. The van der Waals surface area contributed by atoms with E-state index in [0.29, 0.717) is 24.1 Å². The molecule has 1 aliphatic rings. The number of carboxylic acids is 1. The molecular weight excluding hydrogens is 318 g/mol. The average Bonchev–Trinajstić information content (AvgIpc) is 3.10. The number of aromatic nitrogens is 4. The quantitative estimate of drug-likeness (QED) is 0.849. The Morgan fingerprint density at radius 3 is 2.74 bits per heavy atom. The Labute approximate surface area is 136 Å². The summed E-state index contributed by atoms with van der Waals surface area (Å²) in [5.74, 6) is 0.0473. The van der Waals surface area contributed by atoms with Crippen LogP contribution in [0.1, 0.15) is 23.2 Å². The lowest BCUT2D eigenvalue weighted by Gasteiger charge is -2.33. The lowest BCUT2D eigenvalue weighted by molar-refractivity contribution is -0.144. The second-order valence-corrected chi connectivity index (χ2v) is 6.48. The van der Waals surface area contributed by atoms with E-state index < -0.39 is 17.4 Å². The maximum absolute atomic E-state index is 12.5. The summed E-state index contributed by atoms with van der Waals surface area (Å²) in [5.41, 5.74) is -0.185. The number of thioether (sulfide) groups is 1. The summed E-state index contributed by atoms with van der Waals surface area (Å²) in [6.45, 7) is 0. The fourth-order valence-corrected chi connectivity index (χ4v) is 3.66. The van der Waals surface area contributed by atoms with Crippen molar-refractivity contribution in [2.24, 2.45) is 0 Å². The summed E-state index contributed by atoms with van der Waals surface area (Å²) < 4.78 is 1.43. The van der Waals surface area contributed by atoms with Gasteiger partial charge in [0.2, 0.25) is 0 Å². The van der Waals surface area contributed by atoms with Crippen molar-refractivity contribution < 1.29 is 14.7 Å². The highest BCUT2D eigenvalue weighted by atomic mass is 32.2. The number of aliphatic carboxylic acids is 1. The highest BCUT2D eigenvalue weighted by Gasteiger charge is 2.41. The van der Waals surface area contributed by atoms with Gasteiger partial charge < -0.3 is 10.4 Å². The highest BCUT2D eigenvalue weighted by Crippen LogP contribution is 2.28. The molecule has 1 aromatic carbocycles. The van der Waals surface area contributed by atoms with E-state index in [1.54, 1.807) is 36.0 Å². The Hall–Kier alpha value is -2.42. The van der Waals surface area contributed by atoms with Gasteiger partial charge in [0.05, 0.1) is 5.69 Å². The predicted molar refractivity (Wildman–Crippen MR) is 83.5 cm³/mol. The normalized spacial score (nSPS) is 16.7. The third-order valence-corrected chi connectivity index (χ3v) is 4.82. The summed E-state index contributed by atoms with van der Waals surface area (Å²) in [4.78, 5) is 24.1. The zero-order valence-corrected chi connectivity index (χ0v) is 13.0. The zero-order chi connectivity index (χ0) is 16.3. The number of carbonyl (C=O) groups excluding carboxylic acids is 1. The minimum absolute atomic E-state index is 0.372. The predicted octanol–water partition coefficient (Wildman–Crippen LogP) is 0.742. The number of hydrogen-bond donors (Lipinski definition) is 2. The first-order valence-corrected chi connectivity index (χ1v) is 8.23. The van der Waals surface area contributed by atoms with Crippen LogP contribution in [0.2, 0.25) is 0 Å². The molecule has 2 heterocycles. The fourth-order valence-electron chi connectivity index (χ4n) is 2.47. The highest BCUT2D eigenvalue weighted by molar-refractivity contribution is 7.99. The van der Waals surface area contributed by atoms with Gasteiger partial charge in [0.25, 0.3) is 5.91 Å². The number of hydrogen-bond acceptors (Lipinski definition) is 6. The number of tetrazole rings is 1. The van der Waals surface area contributed by atoms with Gasteiger partial charge in [0, 0.05) is 5.56 Å². The van der Waals surface area contributed by atoms with Gasteiger partial charge in [0.1, 0.15) is 11.9 Å². The van der Waals surface area contributed by atoms with Crippen molar-refractivity contribution in [2.45, 2.75) is 18.4 Å². The maximum Gasteiger partial charge on any atom is 0.329 e. The first-order valence-electron chi connectivity index (χ1n) is 7.08. The molecule has 9 heteroatoms. The molecule has 0 unspecified atom stereocenters. The zero-order valence-electron chi connectivity index (χ0n) is 12.2. The van der Waals surface area contributed by atoms with Crippen molar-refractivity contribution in [3.8, 4) is 5.69 Å². The SMILES string of the molecule is O=C(NC1(C(=O)O)CCSCC1)c1cccc(-n2cnnn2)c1. The Kier molecular flexibility index (Phi) is 4.28. The molecule has 120 valence electrons. The molecule has 1 fully saturated rings. The van der Waals surface area contributed by atoms with E-state index in [1.165, 1.54) is 11.0 Å². The molecule has 8 nitrogen and oxygen atoms in total. The van der Waals surface area contributed by atoms with Crippen LogP contribution in [0.25, 0.3) is 5.69 Å². The minimum atomic E-state index is -1.19. The molecule has 1 saturated heterocycles. The van der Waals surface area contributed by atoms with Crippen LogP contribution in [0.5, 0.6) is 0 Å². The molecule has 1 aliphatic heterocycles. The number of amides is 1. The Morgan fingerprint density at radius 1 is 1.30 bits per heavy atom. The number of rotatable bonds is 4. The van der Waals surface area contributed by atoms with Crippen LogP contribution in [0, 0.1) is 0 Å². The molecule has 0 spiro atoms. The molecule has 2 aromatic rings. The molecule has 2 N–H and O–H groups in total. The van der Waals surface area contributed by atoms with E-state index in [4.69, 9.17) is 0 Å². The molecule has 1 amide bonds. The van der Waals surface area contributed by atoms with Crippen LogP contribution in [-0.4, -0.2) is 54.2 Å². The second kappa shape index (κ2) is 6.37. The summed E-state index contributed by atoms with van der Waals surface area (Å²) in [7, 11) is 0. The summed E-state index contributed by atoms with van der Waals surface area (Å²) in [6.07, 6.45) is 2.27. The van der Waals surface area contributed by atoms with E-state index in [1.807, 2.05) is 0 Å². The van der Waals surface area contributed by atoms with Crippen molar-refractivity contribution in [1.82, 2.24) is 25.5 Å². The fraction of sp³-hybridized carbons (Fsp3) is 0.357. The molecule has 0 bridgehead atoms. The molecule has 3 rings (SSSR count). The van der Waals surface area contributed by atoms with Crippen molar-refractivity contribution in [1.29, 1.82) is 0 Å². The van der Waals surface area contributed by atoms with Crippen LogP contribution in [-0.2, 0) is 4.79 Å². The van der Waals surface area contributed by atoms with Crippen LogP contribution in [0.15, 0.2) is 30.6 Å². The third kappa shape index (κ3) is 3.19. The van der Waals surface area contributed by atoms with Gasteiger partial charge in [-0.3, -0.25) is 4.79 Å². The third-order valence-electron chi connectivity index (χ3n) is 3.83. The monoisotopic (exact) mass is 333 g/mol. The largest absolute Gasteiger partial charge is 0.480 e. The Morgan fingerprint density at radius 2 is 2.09 bits per heavy atom. The van der Waals surface area contributed by atoms with E-state index in [-0.39, 0.29) is 0 Å². The van der Waals surface area contributed by atoms with Gasteiger partial charge in [-0.25, -0.2) is 9.48 Å². The van der Waals surface area contributed by atoms with E-state index in [9.17, 15) is 14.7 Å². The molecule has 1 aromatic heterocycles. The van der Waals surface area contributed by atoms with Gasteiger partial charge in [-0.1, -0.05) is 6.07 Å².